The number of allylic oxidation sites excluding steroid dienone is 2. The first-order valence-electron chi connectivity index (χ1n) is 12.6. The number of nitrogens with zero attached hydrogens (tertiary/aromatic N) is 5. The first-order chi connectivity index (χ1) is 18.2. The van der Waals surface area contributed by atoms with Gasteiger partial charge in [-0.05, 0) is 72.3 Å². The molecule has 1 saturated heterocycles. The van der Waals surface area contributed by atoms with E-state index < -0.39 is 0 Å². The largest absolute Gasteiger partial charge is 0.492 e. The van der Waals surface area contributed by atoms with E-state index in [2.05, 4.69) is 40.8 Å². The van der Waals surface area contributed by atoms with Gasteiger partial charge in [0, 0.05) is 30.1 Å². The van der Waals surface area contributed by atoms with E-state index in [0.29, 0.717) is 12.2 Å². The zero-order chi connectivity index (χ0) is 25.5. The Hall–Kier alpha value is -3.86. The minimum Gasteiger partial charge on any atom is -0.492 e. The van der Waals surface area contributed by atoms with E-state index in [1.165, 1.54) is 32.4 Å². The molecule has 186 valence electrons. The van der Waals surface area contributed by atoms with Gasteiger partial charge in [0.05, 0.1) is 17.8 Å². The Bertz CT molecular complexity index is 1460. The van der Waals surface area contributed by atoms with Crippen LogP contribution >= 0.6 is 12.6 Å². The van der Waals surface area contributed by atoms with Crippen LogP contribution in [0.3, 0.4) is 0 Å². The van der Waals surface area contributed by atoms with Crippen LogP contribution in [-0.2, 0) is 0 Å². The van der Waals surface area contributed by atoms with Crippen molar-refractivity contribution in [1.29, 1.82) is 5.26 Å². The molecule has 6 nitrogen and oxygen atoms in total. The van der Waals surface area contributed by atoms with Crippen molar-refractivity contribution < 1.29 is 4.74 Å². The molecule has 0 aliphatic carbocycles. The minimum atomic E-state index is 0.609. The highest BCUT2D eigenvalue weighted by Gasteiger charge is 2.12. The van der Waals surface area contributed by atoms with Gasteiger partial charge in [-0.2, -0.15) is 23.0 Å². The molecule has 2 aromatic heterocycles. The molecule has 0 N–H and O–H groups in total. The van der Waals surface area contributed by atoms with Crippen LogP contribution in [0.2, 0.25) is 0 Å². The number of ether oxygens (including phenoxy) is 1. The predicted octanol–water partition coefficient (Wildman–Crippen LogP) is 6.26. The van der Waals surface area contributed by atoms with Crippen LogP contribution in [0.15, 0.2) is 78.6 Å². The minimum absolute atomic E-state index is 0.609. The van der Waals surface area contributed by atoms with Crippen molar-refractivity contribution >= 4 is 24.4 Å². The molecule has 0 amide bonds. The summed E-state index contributed by atoms with van der Waals surface area (Å²) in [6.07, 6.45) is 15.2. The Balaban J connectivity index is 1.31. The lowest BCUT2D eigenvalue weighted by atomic mass is 10.0. The molecule has 4 aromatic rings. The number of fused-ring (bicyclic) bond motifs is 1. The summed E-state index contributed by atoms with van der Waals surface area (Å²) in [5.41, 5.74) is 6.10. The summed E-state index contributed by atoms with van der Waals surface area (Å²) in [6.45, 7) is 4.06. The monoisotopic (exact) mass is 507 g/mol. The van der Waals surface area contributed by atoms with Crippen LogP contribution in [0.25, 0.3) is 34.0 Å². The fourth-order valence-corrected chi connectivity index (χ4v) is 4.72. The van der Waals surface area contributed by atoms with Crippen LogP contribution in [0.1, 0.15) is 30.4 Å². The summed E-state index contributed by atoms with van der Waals surface area (Å²) in [4.78, 5) is 7.20. The molecule has 7 heteroatoms. The third-order valence-electron chi connectivity index (χ3n) is 6.62. The summed E-state index contributed by atoms with van der Waals surface area (Å²) in [5.74, 6) is 0.881. The number of thiol groups is 1. The number of likely N-dealkylation sites (tertiary alicyclic amines) is 1. The van der Waals surface area contributed by atoms with E-state index in [9.17, 15) is 5.26 Å². The Morgan fingerprint density at radius 3 is 2.57 bits per heavy atom. The maximum Gasteiger partial charge on any atom is 0.162 e. The van der Waals surface area contributed by atoms with Crippen molar-refractivity contribution in [2.75, 3.05) is 26.2 Å². The van der Waals surface area contributed by atoms with Crippen molar-refractivity contribution in [2.45, 2.75) is 19.3 Å². The average Bonchev–Trinajstić information content (AvgIpc) is 3.37. The average molecular weight is 508 g/mol. The normalized spacial score (nSPS) is 14.5. The zero-order valence-electron chi connectivity index (χ0n) is 20.6. The van der Waals surface area contributed by atoms with Gasteiger partial charge in [-0.1, -0.05) is 42.8 Å². The van der Waals surface area contributed by atoms with Crippen molar-refractivity contribution in [3.63, 3.8) is 0 Å². The number of benzene rings is 2. The van der Waals surface area contributed by atoms with Crippen molar-refractivity contribution in [3.05, 3.63) is 89.7 Å². The van der Waals surface area contributed by atoms with Crippen LogP contribution in [0.5, 0.6) is 5.75 Å². The molecule has 2 aromatic carbocycles. The third kappa shape index (κ3) is 5.93. The maximum absolute atomic E-state index is 9.47. The quantitative estimate of drug-likeness (QED) is 0.225. The summed E-state index contributed by atoms with van der Waals surface area (Å²) >= 11 is 4.07. The van der Waals surface area contributed by atoms with Gasteiger partial charge in [-0.3, -0.25) is 4.90 Å². The molecule has 37 heavy (non-hydrogen) atoms. The number of aromatic nitrogens is 3. The molecule has 0 atom stereocenters. The van der Waals surface area contributed by atoms with E-state index >= 15 is 0 Å². The van der Waals surface area contributed by atoms with E-state index in [-0.39, 0.29) is 0 Å². The van der Waals surface area contributed by atoms with Gasteiger partial charge >= 0.3 is 0 Å². The molecule has 1 aliphatic rings. The van der Waals surface area contributed by atoms with Gasteiger partial charge in [-0.25, -0.2) is 9.50 Å². The van der Waals surface area contributed by atoms with Crippen LogP contribution in [0.4, 0.5) is 0 Å². The first-order valence-corrected chi connectivity index (χ1v) is 13.1. The molecule has 0 saturated carbocycles. The second kappa shape index (κ2) is 11.9. The number of hydrogen-bond acceptors (Lipinski definition) is 6. The summed E-state index contributed by atoms with van der Waals surface area (Å²) in [6, 6.07) is 16.1. The molecule has 0 spiro atoms. The number of hydrogen-bond donors (Lipinski definition) is 1. The van der Waals surface area contributed by atoms with Gasteiger partial charge < -0.3 is 4.74 Å². The van der Waals surface area contributed by atoms with Crippen LogP contribution in [0, 0.1) is 11.3 Å². The fourth-order valence-electron chi connectivity index (χ4n) is 4.63. The smallest absolute Gasteiger partial charge is 0.162 e. The van der Waals surface area contributed by atoms with Crippen molar-refractivity contribution in [2.24, 2.45) is 0 Å². The summed E-state index contributed by atoms with van der Waals surface area (Å²) < 4.78 is 7.77. The fraction of sp³-hybridized carbons (Fsp3) is 0.233. The maximum atomic E-state index is 9.47. The van der Waals surface area contributed by atoms with Gasteiger partial charge in [-0.15, -0.1) is 0 Å². The Morgan fingerprint density at radius 2 is 1.78 bits per heavy atom. The highest BCUT2D eigenvalue weighted by atomic mass is 32.1. The summed E-state index contributed by atoms with van der Waals surface area (Å²) in [7, 11) is 0. The standard InChI is InChI=1S/C30H29N5OS/c31-19-26-8-7-25(18-24(26)6-2-5-17-37)29-21-33-35-22-27(20-32-30(29)35)23-9-11-28(12-10-23)36-16-15-34-13-3-1-4-14-34/h2,5-12,17-18,20-22,37H,1,3-4,13-16H2/b6-2+,17-5-. The second-order valence-electron chi connectivity index (χ2n) is 9.06. The van der Waals surface area contributed by atoms with E-state index in [0.717, 1.165) is 45.8 Å². The molecular weight excluding hydrogens is 478 g/mol. The van der Waals surface area contributed by atoms with Gasteiger partial charge in [0.1, 0.15) is 12.4 Å². The van der Waals surface area contributed by atoms with Crippen LogP contribution in [-0.4, -0.2) is 45.7 Å². The van der Waals surface area contributed by atoms with Crippen molar-refractivity contribution in [1.82, 2.24) is 19.5 Å². The Labute approximate surface area is 222 Å². The Kier molecular flexibility index (Phi) is 7.99. The summed E-state index contributed by atoms with van der Waals surface area (Å²) in [5, 5.41) is 15.7. The van der Waals surface area contributed by atoms with E-state index in [1.54, 1.807) is 9.92 Å². The second-order valence-corrected chi connectivity index (χ2v) is 9.36. The highest BCUT2D eigenvalue weighted by Crippen LogP contribution is 2.28. The molecule has 0 unspecified atom stereocenters. The lowest BCUT2D eigenvalue weighted by Crippen LogP contribution is -2.33. The molecule has 1 fully saturated rings. The molecule has 1 aliphatic heterocycles. The van der Waals surface area contributed by atoms with Gasteiger partial charge in [0.25, 0.3) is 0 Å². The zero-order valence-corrected chi connectivity index (χ0v) is 21.5. The molecule has 3 heterocycles. The number of rotatable bonds is 8. The van der Waals surface area contributed by atoms with Crippen molar-refractivity contribution in [3.8, 4) is 34.1 Å². The van der Waals surface area contributed by atoms with E-state index in [1.807, 2.05) is 67.2 Å². The lowest BCUT2D eigenvalue weighted by molar-refractivity contribution is 0.183. The first kappa shape index (κ1) is 24.8. The van der Waals surface area contributed by atoms with E-state index in [4.69, 9.17) is 9.72 Å². The Morgan fingerprint density at radius 1 is 0.973 bits per heavy atom. The third-order valence-corrected chi connectivity index (χ3v) is 6.80. The SMILES string of the molecule is N#Cc1ccc(-c2cnn3cc(-c4ccc(OCCN5CCCCC5)cc4)cnc23)cc1/C=C/C=C\S. The molecule has 0 radical (unpaired) electrons. The molecular formula is C30H29N5OS. The highest BCUT2D eigenvalue weighted by molar-refractivity contribution is 7.83. The topological polar surface area (TPSA) is 66.5 Å². The predicted molar refractivity (Wildman–Crippen MR) is 152 cm³/mol. The number of nitriles is 1. The number of piperidine rings is 1. The lowest BCUT2D eigenvalue weighted by Gasteiger charge is -2.26. The van der Waals surface area contributed by atoms with Gasteiger partial charge in [0.15, 0.2) is 5.65 Å². The molecule has 0 bridgehead atoms. The molecule has 5 rings (SSSR count). The van der Waals surface area contributed by atoms with Crippen LogP contribution < -0.4 is 4.74 Å². The van der Waals surface area contributed by atoms with Gasteiger partial charge in [0.2, 0.25) is 0 Å².